The summed E-state index contributed by atoms with van der Waals surface area (Å²) < 4.78 is 5.49. The molecule has 0 amide bonds. The average molecular weight is 282 g/mol. The summed E-state index contributed by atoms with van der Waals surface area (Å²) in [6.45, 7) is 3.19. The van der Waals surface area contributed by atoms with Crippen LogP contribution in [0.5, 0.6) is 0 Å². The number of anilines is 2. The normalized spacial score (nSPS) is 22.6. The van der Waals surface area contributed by atoms with Gasteiger partial charge in [-0.3, -0.25) is 10.1 Å². The summed E-state index contributed by atoms with van der Waals surface area (Å²) in [5.41, 5.74) is 1.69. The number of nitrogens with zero attached hydrogens (tertiary/aromatic N) is 4. The Balaban J connectivity index is 2.39. The third kappa shape index (κ3) is 2.63. The third-order valence-corrected chi connectivity index (χ3v) is 3.57. The summed E-state index contributed by atoms with van der Waals surface area (Å²) in [4.78, 5) is 20.4. The first-order valence-electron chi connectivity index (χ1n) is 6.27. The molecule has 0 aliphatic carbocycles. The predicted molar refractivity (Wildman–Crippen MR) is 73.4 cm³/mol. The van der Waals surface area contributed by atoms with Gasteiger partial charge in [0.25, 0.3) is 0 Å². The molecule has 20 heavy (non-hydrogen) atoms. The maximum Gasteiger partial charge on any atom is 0.354 e. The zero-order chi connectivity index (χ0) is 14.8. The van der Waals surface area contributed by atoms with Crippen molar-refractivity contribution in [2.75, 3.05) is 30.5 Å². The van der Waals surface area contributed by atoms with Crippen molar-refractivity contribution in [3.05, 3.63) is 16.4 Å². The van der Waals surface area contributed by atoms with Gasteiger partial charge in [-0.05, 0) is 19.8 Å². The van der Waals surface area contributed by atoms with Crippen LogP contribution in [0.2, 0.25) is 0 Å². The Bertz CT molecular complexity index is 511. The van der Waals surface area contributed by atoms with E-state index < -0.39 is 4.92 Å². The molecule has 110 valence electrons. The number of hydrazine groups is 1. The van der Waals surface area contributed by atoms with E-state index in [0.29, 0.717) is 13.1 Å². The van der Waals surface area contributed by atoms with Gasteiger partial charge in [0.15, 0.2) is 0 Å². The number of hydrogen-bond donors (Lipinski definition) is 2. The fraction of sp³-hybridized carbons (Fsp3) is 0.636. The van der Waals surface area contributed by atoms with Crippen LogP contribution >= 0.6 is 0 Å². The molecule has 1 aliphatic rings. The van der Waals surface area contributed by atoms with Crippen LogP contribution in [0.15, 0.2) is 6.33 Å². The highest BCUT2D eigenvalue weighted by Gasteiger charge is 2.35. The molecule has 2 rings (SSSR count). The standard InChI is InChI=1S/C11H18N6O3/c1-11(20-2)4-3-5-16(6-11)10-8(17(18)19)9(15-12)13-7-14-10/h7H,3-6,12H2,1-2H3,(H,13,14,15). The first kappa shape index (κ1) is 14.4. The molecule has 0 radical (unpaired) electrons. The van der Waals surface area contributed by atoms with E-state index in [0.717, 1.165) is 12.8 Å². The van der Waals surface area contributed by atoms with Gasteiger partial charge in [-0.1, -0.05) is 0 Å². The van der Waals surface area contributed by atoms with Crippen molar-refractivity contribution in [1.82, 2.24) is 9.97 Å². The van der Waals surface area contributed by atoms with Crippen LogP contribution in [0.4, 0.5) is 17.3 Å². The molecule has 1 unspecified atom stereocenters. The van der Waals surface area contributed by atoms with Crippen molar-refractivity contribution >= 4 is 17.3 Å². The number of hydrogen-bond acceptors (Lipinski definition) is 8. The van der Waals surface area contributed by atoms with E-state index in [-0.39, 0.29) is 22.9 Å². The van der Waals surface area contributed by atoms with Crippen molar-refractivity contribution in [3.8, 4) is 0 Å². The van der Waals surface area contributed by atoms with E-state index in [9.17, 15) is 10.1 Å². The molecular formula is C11H18N6O3. The van der Waals surface area contributed by atoms with Gasteiger partial charge in [-0.15, -0.1) is 0 Å². The lowest BCUT2D eigenvalue weighted by Crippen LogP contribution is -2.48. The third-order valence-electron chi connectivity index (χ3n) is 3.57. The van der Waals surface area contributed by atoms with Crippen LogP contribution in [0.1, 0.15) is 19.8 Å². The summed E-state index contributed by atoms with van der Waals surface area (Å²) in [7, 11) is 1.64. The van der Waals surface area contributed by atoms with Crippen molar-refractivity contribution in [3.63, 3.8) is 0 Å². The van der Waals surface area contributed by atoms with Gasteiger partial charge in [-0.25, -0.2) is 15.8 Å². The topological polar surface area (TPSA) is 119 Å². The number of rotatable bonds is 4. The largest absolute Gasteiger partial charge is 0.377 e. The van der Waals surface area contributed by atoms with Gasteiger partial charge in [-0.2, -0.15) is 0 Å². The number of nitrogens with one attached hydrogen (secondary N) is 1. The minimum atomic E-state index is -0.525. The average Bonchev–Trinajstić information content (AvgIpc) is 2.46. The molecular weight excluding hydrogens is 264 g/mol. The van der Waals surface area contributed by atoms with Crippen LogP contribution in [0, 0.1) is 10.1 Å². The molecule has 1 atom stereocenters. The number of nitrogen functional groups attached to an aromatic ring is 1. The van der Waals surface area contributed by atoms with E-state index in [4.69, 9.17) is 10.6 Å². The van der Waals surface area contributed by atoms with Gasteiger partial charge in [0, 0.05) is 20.2 Å². The van der Waals surface area contributed by atoms with Gasteiger partial charge >= 0.3 is 5.69 Å². The van der Waals surface area contributed by atoms with E-state index in [1.54, 1.807) is 7.11 Å². The summed E-state index contributed by atoms with van der Waals surface area (Å²) >= 11 is 0. The van der Waals surface area contributed by atoms with Crippen LogP contribution in [-0.2, 0) is 4.74 Å². The molecule has 1 saturated heterocycles. The number of methoxy groups -OCH3 is 1. The highest BCUT2D eigenvalue weighted by Crippen LogP contribution is 2.35. The Morgan fingerprint density at radius 1 is 1.60 bits per heavy atom. The smallest absolute Gasteiger partial charge is 0.354 e. The van der Waals surface area contributed by atoms with Crippen LogP contribution in [0.3, 0.4) is 0 Å². The molecule has 9 nitrogen and oxygen atoms in total. The van der Waals surface area contributed by atoms with Crippen molar-refractivity contribution in [1.29, 1.82) is 0 Å². The molecule has 1 aromatic rings. The minimum absolute atomic E-state index is 0.00435. The van der Waals surface area contributed by atoms with Crippen molar-refractivity contribution < 1.29 is 9.66 Å². The van der Waals surface area contributed by atoms with Gasteiger partial charge in [0.05, 0.1) is 10.5 Å². The second-order valence-corrected chi connectivity index (χ2v) is 4.98. The van der Waals surface area contributed by atoms with Gasteiger partial charge in [0.2, 0.25) is 11.6 Å². The number of ether oxygens (including phenoxy) is 1. The zero-order valence-electron chi connectivity index (χ0n) is 11.5. The fourth-order valence-electron chi connectivity index (χ4n) is 2.43. The lowest BCUT2D eigenvalue weighted by atomic mass is 9.95. The van der Waals surface area contributed by atoms with Gasteiger partial charge in [0.1, 0.15) is 6.33 Å². The molecule has 1 fully saturated rings. The van der Waals surface area contributed by atoms with Crippen LogP contribution in [0.25, 0.3) is 0 Å². The highest BCUT2D eigenvalue weighted by atomic mass is 16.6. The Kier molecular flexibility index (Phi) is 4.00. The molecule has 1 aromatic heterocycles. The molecule has 0 spiro atoms. The number of nitrogens with two attached hydrogens (primary N) is 1. The van der Waals surface area contributed by atoms with Crippen molar-refractivity contribution in [2.24, 2.45) is 5.84 Å². The molecule has 3 N–H and O–H groups in total. The Hall–Kier alpha value is -2.00. The highest BCUT2D eigenvalue weighted by molar-refractivity contribution is 5.70. The maximum absolute atomic E-state index is 11.2. The van der Waals surface area contributed by atoms with Crippen molar-refractivity contribution in [2.45, 2.75) is 25.4 Å². The number of aromatic nitrogens is 2. The molecule has 2 heterocycles. The Morgan fingerprint density at radius 2 is 2.35 bits per heavy atom. The molecule has 0 aromatic carbocycles. The fourth-order valence-corrected chi connectivity index (χ4v) is 2.43. The SMILES string of the molecule is COC1(C)CCCN(c2ncnc(NN)c2[N+](=O)[O-])C1. The molecule has 0 saturated carbocycles. The summed E-state index contributed by atoms with van der Waals surface area (Å²) in [5, 5.41) is 11.2. The summed E-state index contributed by atoms with van der Waals surface area (Å²) in [5.74, 6) is 5.55. The predicted octanol–water partition coefficient (Wildman–Crippen LogP) is 0.676. The maximum atomic E-state index is 11.2. The number of nitro groups is 1. The second-order valence-electron chi connectivity index (χ2n) is 4.98. The Morgan fingerprint density at radius 3 is 2.95 bits per heavy atom. The van der Waals surface area contributed by atoms with E-state index in [2.05, 4.69) is 15.4 Å². The first-order chi connectivity index (χ1) is 9.50. The van der Waals surface area contributed by atoms with Crippen LogP contribution in [-0.4, -0.2) is 40.7 Å². The molecule has 0 bridgehead atoms. The molecule has 9 heteroatoms. The van der Waals surface area contributed by atoms with Crippen LogP contribution < -0.4 is 16.2 Å². The minimum Gasteiger partial charge on any atom is -0.377 e. The lowest BCUT2D eigenvalue weighted by Gasteiger charge is -2.39. The lowest BCUT2D eigenvalue weighted by molar-refractivity contribution is -0.383. The van der Waals surface area contributed by atoms with Gasteiger partial charge < -0.3 is 15.1 Å². The monoisotopic (exact) mass is 282 g/mol. The second kappa shape index (κ2) is 5.55. The zero-order valence-corrected chi connectivity index (χ0v) is 11.5. The summed E-state index contributed by atoms with van der Waals surface area (Å²) in [6.07, 6.45) is 3.04. The van der Waals surface area contributed by atoms with E-state index in [1.165, 1.54) is 6.33 Å². The first-order valence-corrected chi connectivity index (χ1v) is 6.27. The van der Waals surface area contributed by atoms with E-state index >= 15 is 0 Å². The van der Waals surface area contributed by atoms with E-state index in [1.807, 2.05) is 11.8 Å². The quantitative estimate of drug-likeness (QED) is 0.470. The molecule has 1 aliphatic heterocycles. The summed E-state index contributed by atoms with van der Waals surface area (Å²) in [6, 6.07) is 0. The Labute approximate surface area is 116 Å². The number of piperidine rings is 1.